The summed E-state index contributed by atoms with van der Waals surface area (Å²) in [6.07, 6.45) is 0. The van der Waals surface area contributed by atoms with Gasteiger partial charge in [0.05, 0.1) is 0 Å². The van der Waals surface area contributed by atoms with Crippen molar-refractivity contribution in [2.24, 2.45) is 0 Å². The molecule has 1 heteroatoms. The van der Waals surface area contributed by atoms with Crippen molar-refractivity contribution in [3.8, 4) is 0 Å². The molecule has 0 fully saturated rings. The maximum atomic E-state index is 2.40. The Kier molecular flexibility index (Phi) is 3.94. The lowest BCUT2D eigenvalue weighted by Gasteiger charge is -2.31. The van der Waals surface area contributed by atoms with Crippen LogP contribution < -0.4 is 4.90 Å². The van der Waals surface area contributed by atoms with Gasteiger partial charge in [-0.25, -0.2) is 0 Å². The summed E-state index contributed by atoms with van der Waals surface area (Å²) in [6, 6.07) is 15.9. The zero-order valence-corrected chi connectivity index (χ0v) is 12.6. The van der Waals surface area contributed by atoms with E-state index >= 15 is 0 Å². The summed E-state index contributed by atoms with van der Waals surface area (Å²) >= 11 is 0. The molecular formula is C18H23N. The quantitative estimate of drug-likeness (QED) is 0.730. The minimum atomic E-state index is 0.434. The number of nitrogens with zero attached hydrogens (tertiary/aromatic N) is 1. The standard InChI is InChI=1S/C18H23N/c1-13(2)19(17-9-6-14(3)7-10-17)18-11-8-15(4)12-16(18)5/h6-13H,1-5H3. The normalized spacial score (nSPS) is 10.8. The molecule has 0 aliphatic heterocycles. The van der Waals surface area contributed by atoms with Crippen molar-refractivity contribution in [3.05, 3.63) is 59.2 Å². The minimum Gasteiger partial charge on any atom is -0.339 e. The number of aryl methyl sites for hydroxylation is 3. The fourth-order valence-electron chi connectivity index (χ4n) is 2.50. The van der Waals surface area contributed by atoms with Gasteiger partial charge < -0.3 is 4.90 Å². The van der Waals surface area contributed by atoms with Gasteiger partial charge in [-0.05, 0) is 58.4 Å². The van der Waals surface area contributed by atoms with Crippen molar-refractivity contribution >= 4 is 11.4 Å². The molecule has 1 nitrogen and oxygen atoms in total. The predicted octanol–water partition coefficient (Wildman–Crippen LogP) is 5.16. The molecule has 2 aromatic rings. The van der Waals surface area contributed by atoms with Gasteiger partial charge in [0.1, 0.15) is 0 Å². The van der Waals surface area contributed by atoms with Crippen LogP contribution in [0, 0.1) is 20.8 Å². The Morgan fingerprint density at radius 2 is 1.37 bits per heavy atom. The SMILES string of the molecule is Cc1ccc(N(c2ccc(C)cc2C)C(C)C)cc1. The molecule has 0 heterocycles. The Bertz CT molecular complexity index is 552. The van der Waals surface area contributed by atoms with Crippen molar-refractivity contribution < 1.29 is 0 Å². The highest BCUT2D eigenvalue weighted by molar-refractivity contribution is 5.67. The van der Waals surface area contributed by atoms with Crippen LogP contribution in [0.3, 0.4) is 0 Å². The summed E-state index contributed by atoms with van der Waals surface area (Å²) in [5.41, 5.74) is 6.49. The van der Waals surface area contributed by atoms with Gasteiger partial charge in [0.15, 0.2) is 0 Å². The van der Waals surface area contributed by atoms with E-state index in [0.29, 0.717) is 6.04 Å². The van der Waals surface area contributed by atoms with Crippen LogP contribution >= 0.6 is 0 Å². The molecule has 0 unspecified atom stereocenters. The maximum Gasteiger partial charge on any atom is 0.0443 e. The van der Waals surface area contributed by atoms with E-state index in [4.69, 9.17) is 0 Å². The third kappa shape index (κ3) is 2.98. The van der Waals surface area contributed by atoms with E-state index < -0.39 is 0 Å². The molecule has 0 N–H and O–H groups in total. The zero-order valence-electron chi connectivity index (χ0n) is 12.6. The van der Waals surface area contributed by atoms with Crippen LogP contribution in [0.1, 0.15) is 30.5 Å². The molecule has 2 aromatic carbocycles. The third-order valence-electron chi connectivity index (χ3n) is 3.44. The van der Waals surface area contributed by atoms with Gasteiger partial charge in [0.25, 0.3) is 0 Å². The number of hydrogen-bond donors (Lipinski definition) is 0. The molecule has 0 amide bonds. The molecule has 100 valence electrons. The molecule has 0 saturated carbocycles. The summed E-state index contributed by atoms with van der Waals surface area (Å²) in [6.45, 7) is 10.9. The molecule has 0 aromatic heterocycles. The van der Waals surface area contributed by atoms with E-state index in [1.165, 1.54) is 28.1 Å². The first kappa shape index (κ1) is 13.7. The van der Waals surface area contributed by atoms with Gasteiger partial charge >= 0.3 is 0 Å². The second-order valence-corrected chi connectivity index (χ2v) is 5.59. The van der Waals surface area contributed by atoms with Gasteiger partial charge in [-0.2, -0.15) is 0 Å². The molecule has 19 heavy (non-hydrogen) atoms. The summed E-state index contributed by atoms with van der Waals surface area (Å²) in [5.74, 6) is 0. The molecule has 0 atom stereocenters. The van der Waals surface area contributed by atoms with E-state index in [1.807, 2.05) is 0 Å². The van der Waals surface area contributed by atoms with Crippen molar-refractivity contribution in [2.45, 2.75) is 40.7 Å². The Balaban J connectivity index is 2.48. The molecule has 2 rings (SSSR count). The smallest absolute Gasteiger partial charge is 0.0443 e. The van der Waals surface area contributed by atoms with E-state index in [2.05, 4.69) is 82.0 Å². The van der Waals surface area contributed by atoms with Crippen LogP contribution in [0.4, 0.5) is 11.4 Å². The predicted molar refractivity (Wildman–Crippen MR) is 84.4 cm³/mol. The van der Waals surface area contributed by atoms with Crippen LogP contribution in [-0.2, 0) is 0 Å². The molecule has 0 bridgehead atoms. The van der Waals surface area contributed by atoms with Crippen LogP contribution in [-0.4, -0.2) is 6.04 Å². The Hall–Kier alpha value is -1.76. The average molecular weight is 253 g/mol. The molecule has 0 saturated heterocycles. The van der Waals surface area contributed by atoms with E-state index in [-0.39, 0.29) is 0 Å². The Morgan fingerprint density at radius 1 is 0.789 bits per heavy atom. The Morgan fingerprint density at radius 3 is 1.89 bits per heavy atom. The minimum absolute atomic E-state index is 0.434. The monoisotopic (exact) mass is 253 g/mol. The number of benzene rings is 2. The van der Waals surface area contributed by atoms with Crippen molar-refractivity contribution in [1.82, 2.24) is 0 Å². The highest BCUT2D eigenvalue weighted by Crippen LogP contribution is 2.31. The number of anilines is 2. The van der Waals surface area contributed by atoms with Crippen molar-refractivity contribution in [2.75, 3.05) is 4.90 Å². The summed E-state index contributed by atoms with van der Waals surface area (Å²) in [7, 11) is 0. The highest BCUT2D eigenvalue weighted by atomic mass is 15.2. The van der Waals surface area contributed by atoms with Gasteiger partial charge in [-0.15, -0.1) is 0 Å². The lowest BCUT2D eigenvalue weighted by atomic mass is 10.1. The lowest BCUT2D eigenvalue weighted by Crippen LogP contribution is -2.26. The highest BCUT2D eigenvalue weighted by Gasteiger charge is 2.14. The van der Waals surface area contributed by atoms with Crippen molar-refractivity contribution in [1.29, 1.82) is 0 Å². The number of hydrogen-bond acceptors (Lipinski definition) is 1. The third-order valence-corrected chi connectivity index (χ3v) is 3.44. The van der Waals surface area contributed by atoms with Gasteiger partial charge in [-0.3, -0.25) is 0 Å². The molecule has 0 radical (unpaired) electrons. The maximum absolute atomic E-state index is 2.40. The fourth-order valence-corrected chi connectivity index (χ4v) is 2.50. The first-order chi connectivity index (χ1) is 8.99. The van der Waals surface area contributed by atoms with Gasteiger partial charge in [0, 0.05) is 17.4 Å². The van der Waals surface area contributed by atoms with E-state index in [9.17, 15) is 0 Å². The zero-order chi connectivity index (χ0) is 14.0. The lowest BCUT2D eigenvalue weighted by molar-refractivity contribution is 0.786. The Labute approximate surface area is 116 Å². The largest absolute Gasteiger partial charge is 0.339 e. The van der Waals surface area contributed by atoms with E-state index in [1.54, 1.807) is 0 Å². The van der Waals surface area contributed by atoms with Crippen molar-refractivity contribution in [3.63, 3.8) is 0 Å². The summed E-state index contributed by atoms with van der Waals surface area (Å²) < 4.78 is 0. The van der Waals surface area contributed by atoms with Crippen LogP contribution in [0.5, 0.6) is 0 Å². The van der Waals surface area contributed by atoms with Crippen LogP contribution in [0.2, 0.25) is 0 Å². The molecule has 0 spiro atoms. The topological polar surface area (TPSA) is 3.24 Å². The molecule has 0 aliphatic carbocycles. The second kappa shape index (κ2) is 5.48. The average Bonchev–Trinajstić information content (AvgIpc) is 2.34. The summed E-state index contributed by atoms with van der Waals surface area (Å²) in [4.78, 5) is 2.40. The fraction of sp³-hybridized carbons (Fsp3) is 0.333. The second-order valence-electron chi connectivity index (χ2n) is 5.59. The van der Waals surface area contributed by atoms with Crippen LogP contribution in [0.15, 0.2) is 42.5 Å². The van der Waals surface area contributed by atoms with Gasteiger partial charge in [0.2, 0.25) is 0 Å². The van der Waals surface area contributed by atoms with Crippen LogP contribution in [0.25, 0.3) is 0 Å². The molecular weight excluding hydrogens is 230 g/mol. The first-order valence-electron chi connectivity index (χ1n) is 6.92. The summed E-state index contributed by atoms with van der Waals surface area (Å²) in [5, 5.41) is 0. The first-order valence-corrected chi connectivity index (χ1v) is 6.92. The van der Waals surface area contributed by atoms with E-state index in [0.717, 1.165) is 0 Å². The van der Waals surface area contributed by atoms with Gasteiger partial charge in [-0.1, -0.05) is 35.4 Å². The molecule has 0 aliphatic rings. The number of rotatable bonds is 3.